The van der Waals surface area contributed by atoms with Crippen LogP contribution in [0.1, 0.15) is 21.5 Å². The van der Waals surface area contributed by atoms with Crippen LogP contribution in [0, 0.1) is 13.8 Å². The van der Waals surface area contributed by atoms with Gasteiger partial charge in [0.15, 0.2) is 6.29 Å². The van der Waals surface area contributed by atoms with Gasteiger partial charge < -0.3 is 4.42 Å². The molecule has 1 aromatic heterocycles. The van der Waals surface area contributed by atoms with Crippen LogP contribution in [-0.4, -0.2) is 6.29 Å². The van der Waals surface area contributed by atoms with Crippen molar-refractivity contribution < 1.29 is 9.21 Å². The van der Waals surface area contributed by atoms with E-state index in [2.05, 4.69) is 0 Å². The molecule has 3 nitrogen and oxygen atoms in total. The third-order valence-corrected chi connectivity index (χ3v) is 2.50. The maximum atomic E-state index is 11.3. The van der Waals surface area contributed by atoms with Gasteiger partial charge in [0.25, 0.3) is 0 Å². The van der Waals surface area contributed by atoms with Crippen LogP contribution in [0.2, 0.25) is 0 Å². The first-order valence-electron chi connectivity index (χ1n) is 4.62. The molecule has 0 N–H and O–H groups in total. The highest BCUT2D eigenvalue weighted by Crippen LogP contribution is 2.18. The van der Waals surface area contributed by atoms with Crippen molar-refractivity contribution >= 4 is 17.3 Å². The van der Waals surface area contributed by atoms with E-state index in [0.717, 1.165) is 16.5 Å². The number of aryl methyl sites for hydroxylation is 2. The summed E-state index contributed by atoms with van der Waals surface area (Å²) in [6, 6.07) is 5.27. The van der Waals surface area contributed by atoms with Gasteiger partial charge in [0.2, 0.25) is 0 Å². The van der Waals surface area contributed by atoms with Gasteiger partial charge in [-0.1, -0.05) is 0 Å². The van der Waals surface area contributed by atoms with E-state index in [-0.39, 0.29) is 5.56 Å². The molecule has 0 bridgehead atoms. The SMILES string of the molecule is Cc1cc2cc(C=O)c(=O)oc2cc1C. The van der Waals surface area contributed by atoms with Crippen LogP contribution >= 0.6 is 0 Å². The predicted molar refractivity (Wildman–Crippen MR) is 57.3 cm³/mol. The lowest BCUT2D eigenvalue weighted by atomic mass is 10.1. The van der Waals surface area contributed by atoms with Gasteiger partial charge in [-0.25, -0.2) is 4.79 Å². The average Bonchev–Trinajstić information content (AvgIpc) is 2.20. The van der Waals surface area contributed by atoms with E-state index in [1.165, 1.54) is 0 Å². The Hall–Kier alpha value is -1.90. The smallest absolute Gasteiger partial charge is 0.346 e. The topological polar surface area (TPSA) is 47.3 Å². The highest BCUT2D eigenvalue weighted by atomic mass is 16.4. The second-order valence-corrected chi connectivity index (χ2v) is 3.58. The van der Waals surface area contributed by atoms with Crippen LogP contribution in [0.25, 0.3) is 11.0 Å². The normalized spacial score (nSPS) is 10.5. The number of hydrogen-bond acceptors (Lipinski definition) is 3. The van der Waals surface area contributed by atoms with E-state index < -0.39 is 5.63 Å². The van der Waals surface area contributed by atoms with Gasteiger partial charge in [0, 0.05) is 5.39 Å². The summed E-state index contributed by atoms with van der Waals surface area (Å²) in [5.74, 6) is 0. The summed E-state index contributed by atoms with van der Waals surface area (Å²) in [6.45, 7) is 3.92. The molecule has 0 aliphatic rings. The van der Waals surface area contributed by atoms with Crippen molar-refractivity contribution in [2.45, 2.75) is 13.8 Å². The van der Waals surface area contributed by atoms with Gasteiger partial charge in [0.1, 0.15) is 11.1 Å². The van der Waals surface area contributed by atoms with E-state index >= 15 is 0 Å². The van der Waals surface area contributed by atoms with E-state index in [9.17, 15) is 9.59 Å². The molecule has 76 valence electrons. The zero-order chi connectivity index (χ0) is 11.0. The number of aldehydes is 1. The molecule has 0 aliphatic carbocycles. The Morgan fingerprint density at radius 3 is 2.47 bits per heavy atom. The largest absolute Gasteiger partial charge is 0.422 e. The molecule has 1 heterocycles. The lowest BCUT2D eigenvalue weighted by Gasteiger charge is -2.02. The molecule has 0 saturated carbocycles. The molecular formula is C12H10O3. The molecular weight excluding hydrogens is 192 g/mol. The number of hydrogen-bond donors (Lipinski definition) is 0. The Morgan fingerprint density at radius 1 is 1.13 bits per heavy atom. The fraction of sp³-hybridized carbons (Fsp3) is 0.167. The number of rotatable bonds is 1. The van der Waals surface area contributed by atoms with Crippen molar-refractivity contribution in [3.63, 3.8) is 0 Å². The average molecular weight is 202 g/mol. The summed E-state index contributed by atoms with van der Waals surface area (Å²) in [7, 11) is 0. The van der Waals surface area contributed by atoms with Crippen LogP contribution < -0.4 is 5.63 Å². The third-order valence-electron chi connectivity index (χ3n) is 2.50. The minimum absolute atomic E-state index is 0.0609. The number of carbonyl (C=O) groups excluding carboxylic acids is 1. The molecule has 1 aromatic carbocycles. The summed E-state index contributed by atoms with van der Waals surface area (Å²) in [4.78, 5) is 21.8. The van der Waals surface area contributed by atoms with E-state index in [1.807, 2.05) is 19.9 Å². The molecule has 2 aromatic rings. The van der Waals surface area contributed by atoms with Crippen molar-refractivity contribution in [3.8, 4) is 0 Å². The molecule has 0 aliphatic heterocycles. The molecule has 0 fully saturated rings. The van der Waals surface area contributed by atoms with Gasteiger partial charge in [-0.2, -0.15) is 0 Å². The quantitative estimate of drug-likeness (QED) is 0.526. The summed E-state index contributed by atoms with van der Waals surface area (Å²) >= 11 is 0. The molecule has 3 heteroatoms. The summed E-state index contributed by atoms with van der Waals surface area (Å²) in [5, 5.41) is 0.778. The van der Waals surface area contributed by atoms with E-state index in [4.69, 9.17) is 4.42 Å². The van der Waals surface area contributed by atoms with Crippen LogP contribution in [0.3, 0.4) is 0 Å². The minimum atomic E-state index is -0.583. The standard InChI is InChI=1S/C12H10O3/c1-7-3-9-5-10(6-13)12(14)15-11(9)4-8(7)2/h3-6H,1-2H3. The second kappa shape index (κ2) is 3.35. The summed E-state index contributed by atoms with van der Waals surface area (Å²) < 4.78 is 5.03. The molecule has 0 radical (unpaired) electrons. The van der Waals surface area contributed by atoms with Gasteiger partial charge in [-0.05, 0) is 43.2 Å². The first kappa shape index (κ1) is 9.65. The Labute approximate surface area is 86.3 Å². The molecule has 0 saturated heterocycles. The Kier molecular flexibility index (Phi) is 2.15. The monoisotopic (exact) mass is 202 g/mol. The molecule has 0 amide bonds. The zero-order valence-electron chi connectivity index (χ0n) is 8.53. The molecule has 15 heavy (non-hydrogen) atoms. The lowest BCUT2D eigenvalue weighted by Crippen LogP contribution is -2.05. The summed E-state index contributed by atoms with van der Waals surface area (Å²) in [6.07, 6.45) is 0.514. The first-order valence-corrected chi connectivity index (χ1v) is 4.62. The van der Waals surface area contributed by atoms with Crippen molar-refractivity contribution in [2.24, 2.45) is 0 Å². The Morgan fingerprint density at radius 2 is 1.80 bits per heavy atom. The van der Waals surface area contributed by atoms with Gasteiger partial charge >= 0.3 is 5.63 Å². The lowest BCUT2D eigenvalue weighted by molar-refractivity contribution is 0.112. The second-order valence-electron chi connectivity index (χ2n) is 3.58. The Balaban J connectivity index is 2.88. The summed E-state index contributed by atoms with van der Waals surface area (Å²) in [5.41, 5.74) is 2.16. The van der Waals surface area contributed by atoms with Gasteiger partial charge in [0.05, 0.1) is 0 Å². The van der Waals surface area contributed by atoms with E-state index in [1.54, 1.807) is 12.1 Å². The van der Waals surface area contributed by atoms with Crippen molar-refractivity contribution in [3.05, 3.63) is 45.3 Å². The van der Waals surface area contributed by atoms with Crippen LogP contribution in [0.5, 0.6) is 0 Å². The Bertz CT molecular complexity index is 594. The van der Waals surface area contributed by atoms with Crippen molar-refractivity contribution in [1.29, 1.82) is 0 Å². The minimum Gasteiger partial charge on any atom is -0.422 e. The van der Waals surface area contributed by atoms with Gasteiger partial charge in [-0.3, -0.25) is 4.79 Å². The number of carbonyl (C=O) groups is 1. The predicted octanol–water partition coefficient (Wildman–Crippen LogP) is 2.22. The number of fused-ring (bicyclic) bond motifs is 1. The third kappa shape index (κ3) is 1.56. The molecule has 0 unspecified atom stereocenters. The maximum Gasteiger partial charge on any atom is 0.346 e. The fourth-order valence-electron chi connectivity index (χ4n) is 1.48. The maximum absolute atomic E-state index is 11.3. The molecule has 2 rings (SSSR count). The van der Waals surface area contributed by atoms with E-state index in [0.29, 0.717) is 11.9 Å². The van der Waals surface area contributed by atoms with Crippen LogP contribution in [-0.2, 0) is 0 Å². The van der Waals surface area contributed by atoms with Crippen molar-refractivity contribution in [2.75, 3.05) is 0 Å². The fourth-order valence-corrected chi connectivity index (χ4v) is 1.48. The molecule has 0 spiro atoms. The zero-order valence-corrected chi connectivity index (χ0v) is 8.53. The first-order chi connectivity index (χ1) is 7.11. The highest BCUT2D eigenvalue weighted by molar-refractivity contribution is 5.85. The molecule has 0 atom stereocenters. The van der Waals surface area contributed by atoms with Crippen LogP contribution in [0.15, 0.2) is 27.4 Å². The van der Waals surface area contributed by atoms with Crippen molar-refractivity contribution in [1.82, 2.24) is 0 Å². The number of benzene rings is 1. The highest BCUT2D eigenvalue weighted by Gasteiger charge is 2.05. The van der Waals surface area contributed by atoms with Gasteiger partial charge in [-0.15, -0.1) is 0 Å². The van der Waals surface area contributed by atoms with Crippen LogP contribution in [0.4, 0.5) is 0 Å².